The minimum absolute atomic E-state index is 0.0404. The van der Waals surface area contributed by atoms with Crippen molar-refractivity contribution < 1.29 is 19.1 Å². The van der Waals surface area contributed by atoms with E-state index < -0.39 is 5.97 Å². The summed E-state index contributed by atoms with van der Waals surface area (Å²) in [5.41, 5.74) is 0.275. The van der Waals surface area contributed by atoms with Crippen LogP contribution in [0, 0.1) is 0 Å². The van der Waals surface area contributed by atoms with Crippen LogP contribution in [0.3, 0.4) is 0 Å². The number of aromatic carboxylic acids is 1. The number of methoxy groups -OCH3 is 1. The van der Waals surface area contributed by atoms with E-state index in [4.69, 9.17) is 14.3 Å². The summed E-state index contributed by atoms with van der Waals surface area (Å²) in [7, 11) is 1.34. The number of furan rings is 1. The van der Waals surface area contributed by atoms with Crippen LogP contribution in [0.4, 0.5) is 0 Å². The minimum atomic E-state index is -1.14. The summed E-state index contributed by atoms with van der Waals surface area (Å²) in [6, 6.07) is 3.30. The van der Waals surface area contributed by atoms with Crippen LogP contribution in [0.25, 0.3) is 11.3 Å². The molecule has 0 aliphatic heterocycles. The van der Waals surface area contributed by atoms with E-state index in [9.17, 15) is 4.79 Å². The number of aromatic nitrogens is 2. The SMILES string of the molecule is COc1nncc(-c2ccco2)c1C(=O)O. The van der Waals surface area contributed by atoms with Crippen molar-refractivity contribution in [3.05, 3.63) is 30.2 Å². The summed E-state index contributed by atoms with van der Waals surface area (Å²) in [5, 5.41) is 16.3. The zero-order valence-corrected chi connectivity index (χ0v) is 8.38. The van der Waals surface area contributed by atoms with Crippen LogP contribution in [-0.4, -0.2) is 28.4 Å². The van der Waals surface area contributed by atoms with E-state index in [1.54, 1.807) is 12.1 Å². The Morgan fingerprint density at radius 1 is 1.56 bits per heavy atom. The summed E-state index contributed by atoms with van der Waals surface area (Å²) < 4.78 is 9.97. The second-order valence-corrected chi connectivity index (χ2v) is 2.92. The third-order valence-electron chi connectivity index (χ3n) is 2.01. The molecule has 0 radical (unpaired) electrons. The maximum absolute atomic E-state index is 11.1. The molecule has 1 N–H and O–H groups in total. The molecule has 2 heterocycles. The molecule has 2 aromatic rings. The van der Waals surface area contributed by atoms with Crippen LogP contribution in [0.5, 0.6) is 5.88 Å². The van der Waals surface area contributed by atoms with Crippen molar-refractivity contribution in [3.8, 4) is 17.2 Å². The molecule has 0 saturated heterocycles. The van der Waals surface area contributed by atoms with Gasteiger partial charge in [-0.3, -0.25) is 0 Å². The lowest BCUT2D eigenvalue weighted by atomic mass is 10.1. The van der Waals surface area contributed by atoms with E-state index in [1.165, 1.54) is 19.6 Å². The largest absolute Gasteiger partial charge is 0.479 e. The molecule has 0 spiro atoms. The monoisotopic (exact) mass is 220 g/mol. The van der Waals surface area contributed by atoms with Gasteiger partial charge in [0.05, 0.1) is 25.1 Å². The standard InChI is InChI=1S/C10H8N2O4/c1-15-9-8(10(13)14)6(5-11-12-9)7-3-2-4-16-7/h2-5H,1H3,(H,13,14). The van der Waals surface area contributed by atoms with Crippen LogP contribution in [0.1, 0.15) is 10.4 Å². The number of carbonyl (C=O) groups is 1. The quantitative estimate of drug-likeness (QED) is 0.842. The fraction of sp³-hybridized carbons (Fsp3) is 0.100. The van der Waals surface area contributed by atoms with Gasteiger partial charge in [-0.1, -0.05) is 0 Å². The van der Waals surface area contributed by atoms with Gasteiger partial charge in [-0.2, -0.15) is 5.10 Å². The highest BCUT2D eigenvalue weighted by atomic mass is 16.5. The molecule has 0 bridgehead atoms. The predicted molar refractivity (Wildman–Crippen MR) is 53.2 cm³/mol. The summed E-state index contributed by atoms with van der Waals surface area (Å²) in [6.45, 7) is 0. The molecule has 0 saturated carbocycles. The van der Waals surface area contributed by atoms with E-state index in [1.807, 2.05) is 0 Å². The van der Waals surface area contributed by atoms with Crippen LogP contribution in [-0.2, 0) is 0 Å². The molecule has 0 aromatic carbocycles. The number of carboxylic acids is 1. The van der Waals surface area contributed by atoms with Crippen molar-refractivity contribution in [1.82, 2.24) is 10.2 Å². The molecule has 0 amide bonds. The lowest BCUT2D eigenvalue weighted by molar-refractivity contribution is 0.0692. The zero-order valence-electron chi connectivity index (χ0n) is 8.38. The molecule has 2 aromatic heterocycles. The molecule has 16 heavy (non-hydrogen) atoms. The van der Waals surface area contributed by atoms with Gasteiger partial charge in [0.1, 0.15) is 11.3 Å². The number of hydrogen-bond acceptors (Lipinski definition) is 5. The molecular formula is C10H8N2O4. The second-order valence-electron chi connectivity index (χ2n) is 2.92. The average Bonchev–Trinajstić information content (AvgIpc) is 2.81. The van der Waals surface area contributed by atoms with E-state index in [-0.39, 0.29) is 11.4 Å². The number of hydrogen-bond donors (Lipinski definition) is 1. The molecule has 0 atom stereocenters. The summed E-state index contributed by atoms with van der Waals surface area (Å²) >= 11 is 0. The number of nitrogens with zero attached hydrogens (tertiary/aromatic N) is 2. The Hall–Kier alpha value is -2.37. The van der Waals surface area contributed by atoms with Crippen molar-refractivity contribution in [1.29, 1.82) is 0 Å². The first-order chi connectivity index (χ1) is 7.74. The van der Waals surface area contributed by atoms with Gasteiger partial charge < -0.3 is 14.3 Å². The van der Waals surface area contributed by atoms with Gasteiger partial charge in [-0.25, -0.2) is 4.79 Å². The third-order valence-corrected chi connectivity index (χ3v) is 2.01. The lowest BCUT2D eigenvalue weighted by Gasteiger charge is -2.05. The fourth-order valence-electron chi connectivity index (χ4n) is 1.34. The first kappa shape index (κ1) is 10.2. The Bertz CT molecular complexity index is 508. The molecular weight excluding hydrogens is 212 g/mol. The highest BCUT2D eigenvalue weighted by molar-refractivity contribution is 5.97. The van der Waals surface area contributed by atoms with E-state index in [2.05, 4.69) is 10.2 Å². The molecule has 0 aliphatic carbocycles. The Morgan fingerprint density at radius 2 is 2.38 bits per heavy atom. The Balaban J connectivity index is 2.65. The summed E-state index contributed by atoms with van der Waals surface area (Å²) in [5.74, 6) is -0.773. The Labute approximate surface area is 90.5 Å². The lowest BCUT2D eigenvalue weighted by Crippen LogP contribution is -2.06. The van der Waals surface area contributed by atoms with Crippen LogP contribution >= 0.6 is 0 Å². The van der Waals surface area contributed by atoms with Crippen molar-refractivity contribution in [2.45, 2.75) is 0 Å². The van der Waals surface area contributed by atoms with Gasteiger partial charge in [0.15, 0.2) is 0 Å². The first-order valence-corrected chi connectivity index (χ1v) is 4.41. The van der Waals surface area contributed by atoms with E-state index in [0.29, 0.717) is 11.3 Å². The highest BCUT2D eigenvalue weighted by Gasteiger charge is 2.20. The van der Waals surface area contributed by atoms with Gasteiger partial charge in [-0.05, 0) is 12.1 Å². The van der Waals surface area contributed by atoms with Crippen molar-refractivity contribution in [3.63, 3.8) is 0 Å². The van der Waals surface area contributed by atoms with Crippen LogP contribution < -0.4 is 4.74 Å². The number of carboxylic acid groups (broad SMARTS) is 1. The van der Waals surface area contributed by atoms with Gasteiger partial charge in [0.25, 0.3) is 0 Å². The van der Waals surface area contributed by atoms with Crippen LogP contribution in [0.15, 0.2) is 29.0 Å². The zero-order chi connectivity index (χ0) is 11.5. The second kappa shape index (κ2) is 4.01. The van der Waals surface area contributed by atoms with E-state index in [0.717, 1.165) is 0 Å². The Morgan fingerprint density at radius 3 is 2.94 bits per heavy atom. The molecule has 6 nitrogen and oxygen atoms in total. The number of ether oxygens (including phenoxy) is 1. The van der Waals surface area contributed by atoms with Crippen molar-refractivity contribution >= 4 is 5.97 Å². The highest BCUT2D eigenvalue weighted by Crippen LogP contribution is 2.28. The molecule has 2 rings (SSSR count). The maximum Gasteiger partial charge on any atom is 0.342 e. The number of rotatable bonds is 3. The van der Waals surface area contributed by atoms with Crippen molar-refractivity contribution in [2.75, 3.05) is 7.11 Å². The third kappa shape index (κ3) is 1.60. The van der Waals surface area contributed by atoms with Gasteiger partial charge in [0, 0.05) is 0 Å². The molecule has 0 unspecified atom stereocenters. The Kier molecular flexibility index (Phi) is 2.55. The van der Waals surface area contributed by atoms with Crippen molar-refractivity contribution in [2.24, 2.45) is 0 Å². The van der Waals surface area contributed by atoms with E-state index >= 15 is 0 Å². The summed E-state index contributed by atoms with van der Waals surface area (Å²) in [4.78, 5) is 11.1. The van der Waals surface area contributed by atoms with Crippen LogP contribution in [0.2, 0.25) is 0 Å². The van der Waals surface area contributed by atoms with Gasteiger partial charge >= 0.3 is 5.97 Å². The first-order valence-electron chi connectivity index (χ1n) is 4.41. The maximum atomic E-state index is 11.1. The average molecular weight is 220 g/mol. The minimum Gasteiger partial charge on any atom is -0.479 e. The van der Waals surface area contributed by atoms with Gasteiger partial charge in [0.2, 0.25) is 5.88 Å². The summed E-state index contributed by atoms with van der Waals surface area (Å²) in [6.07, 6.45) is 2.78. The molecule has 0 aliphatic rings. The predicted octanol–water partition coefficient (Wildman–Crippen LogP) is 1.44. The topological polar surface area (TPSA) is 85.5 Å². The normalized spacial score (nSPS) is 10.1. The molecule has 82 valence electrons. The van der Waals surface area contributed by atoms with Gasteiger partial charge in [-0.15, -0.1) is 5.10 Å². The smallest absolute Gasteiger partial charge is 0.342 e. The fourth-order valence-corrected chi connectivity index (χ4v) is 1.34. The molecule has 0 fully saturated rings. The molecule has 6 heteroatoms.